The molecule has 2 saturated heterocycles. The van der Waals surface area contributed by atoms with E-state index in [-0.39, 0.29) is 0 Å². The van der Waals surface area contributed by atoms with Crippen molar-refractivity contribution in [1.82, 2.24) is 9.80 Å². The highest BCUT2D eigenvalue weighted by Gasteiger charge is 2.28. The molecule has 2 rings (SSSR count). The Morgan fingerprint density at radius 2 is 2.35 bits per heavy atom. The molecule has 0 amide bonds. The minimum Gasteiger partial charge on any atom is -0.381 e. The number of nitro groups is 1. The van der Waals surface area contributed by atoms with E-state index in [2.05, 4.69) is 5.10 Å². The van der Waals surface area contributed by atoms with Gasteiger partial charge in [-0.25, -0.2) is 10.1 Å². The van der Waals surface area contributed by atoms with Gasteiger partial charge in [-0.2, -0.15) is 0 Å². The number of nitrogens with zero attached hydrogens (tertiary/aromatic N) is 4. The number of rotatable bonds is 3. The average Bonchev–Trinajstić information content (AvgIpc) is 2.75. The number of guanidine groups is 1. The van der Waals surface area contributed by atoms with E-state index in [1.807, 2.05) is 0 Å². The number of hydrazone groups is 1. The molecule has 96 valence electrons. The summed E-state index contributed by atoms with van der Waals surface area (Å²) >= 11 is 0. The summed E-state index contributed by atoms with van der Waals surface area (Å²) in [6.45, 7) is 2.80. The standard InChI is InChI=1S/C9H16N4O4/c1-11-6-17-7-12(9(11)10-13(14)15)4-8-2-3-16-5-8/h8H,2-7H2,1H3/b10-9+. The zero-order chi connectivity index (χ0) is 12.3. The van der Waals surface area contributed by atoms with E-state index in [4.69, 9.17) is 9.47 Å². The van der Waals surface area contributed by atoms with Crippen LogP contribution in [0.5, 0.6) is 0 Å². The normalized spacial score (nSPS) is 27.8. The SMILES string of the molecule is CN1COCN(CC2CCOC2)/C1=N/[N+](=O)[O-]. The third-order valence-electron chi connectivity index (χ3n) is 2.83. The van der Waals surface area contributed by atoms with Crippen LogP contribution in [0.15, 0.2) is 5.10 Å². The molecular weight excluding hydrogens is 228 g/mol. The van der Waals surface area contributed by atoms with Crippen molar-refractivity contribution in [3.63, 3.8) is 0 Å². The van der Waals surface area contributed by atoms with Crippen LogP contribution in [0.4, 0.5) is 0 Å². The van der Waals surface area contributed by atoms with Crippen molar-refractivity contribution < 1.29 is 14.5 Å². The highest BCUT2D eigenvalue weighted by atomic mass is 16.7. The molecule has 0 radical (unpaired) electrons. The molecule has 2 heterocycles. The summed E-state index contributed by atoms with van der Waals surface area (Å²) in [7, 11) is 1.72. The molecule has 1 unspecified atom stereocenters. The van der Waals surface area contributed by atoms with Crippen LogP contribution in [-0.4, -0.2) is 61.1 Å². The maximum atomic E-state index is 10.5. The first kappa shape index (κ1) is 12.1. The summed E-state index contributed by atoms with van der Waals surface area (Å²) in [4.78, 5) is 13.9. The van der Waals surface area contributed by atoms with Crippen molar-refractivity contribution in [3.8, 4) is 0 Å². The maximum Gasteiger partial charge on any atom is 0.277 e. The van der Waals surface area contributed by atoms with E-state index in [0.717, 1.165) is 13.0 Å². The molecule has 8 heteroatoms. The Labute approximate surface area is 98.9 Å². The lowest BCUT2D eigenvalue weighted by Crippen LogP contribution is -2.51. The van der Waals surface area contributed by atoms with Crippen LogP contribution in [-0.2, 0) is 9.47 Å². The van der Waals surface area contributed by atoms with Crippen LogP contribution < -0.4 is 0 Å². The van der Waals surface area contributed by atoms with E-state index >= 15 is 0 Å². The highest BCUT2D eigenvalue weighted by Crippen LogP contribution is 2.16. The molecule has 0 saturated carbocycles. The Bertz CT molecular complexity index is 316. The van der Waals surface area contributed by atoms with Gasteiger partial charge in [-0.3, -0.25) is 0 Å². The minimum absolute atomic E-state index is 0.324. The first-order valence-electron chi connectivity index (χ1n) is 5.51. The molecule has 0 spiro atoms. The summed E-state index contributed by atoms with van der Waals surface area (Å²) in [5.41, 5.74) is 0. The molecule has 8 nitrogen and oxygen atoms in total. The maximum absolute atomic E-state index is 10.5. The lowest BCUT2D eigenvalue weighted by molar-refractivity contribution is -0.486. The Hall–Kier alpha value is -1.41. The van der Waals surface area contributed by atoms with E-state index in [0.29, 0.717) is 38.5 Å². The van der Waals surface area contributed by atoms with Gasteiger partial charge in [-0.15, -0.1) is 0 Å². The fourth-order valence-electron chi connectivity index (χ4n) is 2.03. The van der Waals surface area contributed by atoms with Gasteiger partial charge >= 0.3 is 0 Å². The molecule has 0 N–H and O–H groups in total. The molecule has 2 aliphatic heterocycles. The van der Waals surface area contributed by atoms with Gasteiger partial charge in [0.1, 0.15) is 18.6 Å². The smallest absolute Gasteiger partial charge is 0.277 e. The van der Waals surface area contributed by atoms with Crippen LogP contribution in [0.25, 0.3) is 0 Å². The van der Waals surface area contributed by atoms with Crippen molar-refractivity contribution in [3.05, 3.63) is 10.1 Å². The average molecular weight is 244 g/mol. The number of hydrogen-bond acceptors (Lipinski definition) is 4. The summed E-state index contributed by atoms with van der Waals surface area (Å²) < 4.78 is 10.6. The van der Waals surface area contributed by atoms with E-state index in [9.17, 15) is 10.1 Å². The van der Waals surface area contributed by atoms with Crippen molar-refractivity contribution in [1.29, 1.82) is 0 Å². The van der Waals surface area contributed by atoms with Crippen LogP contribution in [0.1, 0.15) is 6.42 Å². The summed E-state index contributed by atoms with van der Waals surface area (Å²) in [5, 5.41) is 13.2. The Morgan fingerprint density at radius 1 is 1.53 bits per heavy atom. The minimum atomic E-state index is -0.671. The van der Waals surface area contributed by atoms with Gasteiger partial charge in [0.2, 0.25) is 0 Å². The Kier molecular flexibility index (Phi) is 3.75. The molecule has 17 heavy (non-hydrogen) atoms. The molecule has 0 aromatic heterocycles. The number of hydrogen-bond donors (Lipinski definition) is 0. The van der Waals surface area contributed by atoms with Crippen LogP contribution >= 0.6 is 0 Å². The van der Waals surface area contributed by atoms with Gasteiger partial charge in [0.15, 0.2) is 5.03 Å². The molecule has 2 fully saturated rings. The van der Waals surface area contributed by atoms with Crippen LogP contribution in [0.3, 0.4) is 0 Å². The van der Waals surface area contributed by atoms with Gasteiger partial charge < -0.3 is 19.3 Å². The highest BCUT2D eigenvalue weighted by molar-refractivity contribution is 5.79. The summed E-state index contributed by atoms with van der Waals surface area (Å²) in [6, 6.07) is 0. The zero-order valence-electron chi connectivity index (χ0n) is 9.74. The molecule has 0 aromatic carbocycles. The predicted molar refractivity (Wildman–Crippen MR) is 58.6 cm³/mol. The lowest BCUT2D eigenvalue weighted by atomic mass is 10.1. The largest absolute Gasteiger partial charge is 0.381 e. The molecule has 1 atom stereocenters. The van der Waals surface area contributed by atoms with E-state index < -0.39 is 5.03 Å². The molecule has 0 aromatic rings. The van der Waals surface area contributed by atoms with Gasteiger partial charge in [0.25, 0.3) is 5.96 Å². The van der Waals surface area contributed by atoms with Crippen LogP contribution in [0, 0.1) is 16.0 Å². The second-order valence-electron chi connectivity index (χ2n) is 4.25. The fourth-order valence-corrected chi connectivity index (χ4v) is 2.03. The van der Waals surface area contributed by atoms with Gasteiger partial charge in [0, 0.05) is 26.1 Å². The first-order valence-corrected chi connectivity index (χ1v) is 5.51. The molecular formula is C9H16N4O4. The van der Waals surface area contributed by atoms with Crippen molar-refractivity contribution in [2.75, 3.05) is 40.3 Å². The predicted octanol–water partition coefficient (Wildman–Crippen LogP) is -0.250. The first-order chi connectivity index (χ1) is 8.16. The van der Waals surface area contributed by atoms with Gasteiger partial charge in [-0.1, -0.05) is 0 Å². The molecule has 0 bridgehead atoms. The van der Waals surface area contributed by atoms with Crippen molar-refractivity contribution in [2.45, 2.75) is 6.42 Å². The third-order valence-corrected chi connectivity index (χ3v) is 2.83. The Morgan fingerprint density at radius 3 is 3.00 bits per heavy atom. The topological polar surface area (TPSA) is 80.4 Å². The van der Waals surface area contributed by atoms with Gasteiger partial charge in [0.05, 0.1) is 6.61 Å². The van der Waals surface area contributed by atoms with E-state index in [1.165, 1.54) is 0 Å². The van der Waals surface area contributed by atoms with Gasteiger partial charge in [-0.05, 0) is 6.42 Å². The monoisotopic (exact) mass is 244 g/mol. The van der Waals surface area contributed by atoms with Crippen molar-refractivity contribution in [2.24, 2.45) is 11.0 Å². The number of ether oxygens (including phenoxy) is 2. The second-order valence-corrected chi connectivity index (χ2v) is 4.25. The summed E-state index contributed by atoms with van der Waals surface area (Å²) in [6.07, 6.45) is 0.978. The van der Waals surface area contributed by atoms with Crippen LogP contribution in [0.2, 0.25) is 0 Å². The third kappa shape index (κ3) is 3.04. The fraction of sp³-hybridized carbons (Fsp3) is 0.889. The van der Waals surface area contributed by atoms with E-state index in [1.54, 1.807) is 16.8 Å². The molecule has 0 aliphatic carbocycles. The quantitative estimate of drug-likeness (QED) is 0.503. The Balaban J connectivity index is 2.03. The molecule has 2 aliphatic rings. The zero-order valence-corrected chi connectivity index (χ0v) is 9.74. The van der Waals surface area contributed by atoms with Crippen molar-refractivity contribution >= 4 is 5.96 Å². The summed E-state index contributed by atoms with van der Waals surface area (Å²) in [5.74, 6) is 0.746. The second kappa shape index (κ2) is 5.28. The lowest BCUT2D eigenvalue weighted by Gasteiger charge is -2.35.